The number of thiazole rings is 1. The number of fused-ring (bicyclic) bond motifs is 1. The molecule has 0 radical (unpaired) electrons. The van der Waals surface area contributed by atoms with Gasteiger partial charge in [-0.25, -0.2) is 9.78 Å². The summed E-state index contributed by atoms with van der Waals surface area (Å²) < 4.78 is 0. The van der Waals surface area contributed by atoms with Crippen LogP contribution in [0.2, 0.25) is 0 Å². The van der Waals surface area contributed by atoms with Gasteiger partial charge in [0.05, 0.1) is 0 Å². The number of likely N-dealkylation sites (tertiary alicyclic amines) is 1. The molecule has 1 aromatic rings. The van der Waals surface area contributed by atoms with Gasteiger partial charge in [0.15, 0.2) is 10.8 Å². The van der Waals surface area contributed by atoms with Crippen LogP contribution < -0.4 is 4.90 Å². The molecule has 6 heteroatoms. The van der Waals surface area contributed by atoms with E-state index < -0.39 is 5.97 Å². The largest absolute Gasteiger partial charge is 0.476 e. The molecule has 1 N–H and O–H groups in total. The van der Waals surface area contributed by atoms with Gasteiger partial charge in [0.2, 0.25) is 0 Å². The van der Waals surface area contributed by atoms with E-state index in [1.807, 2.05) is 0 Å². The lowest BCUT2D eigenvalue weighted by Gasteiger charge is -2.45. The maximum absolute atomic E-state index is 10.9. The minimum Gasteiger partial charge on any atom is -0.476 e. The standard InChI is InChI=1S/C13H19N3O2S/c1-15-5-2-3-9-7-16(6-4-11(9)15)13-14-10(8-19-13)12(17)18/h8-9,11H,2-7H2,1H3,(H,17,18). The molecule has 3 heterocycles. The van der Waals surface area contributed by atoms with Crippen LogP contribution >= 0.6 is 11.3 Å². The average Bonchev–Trinajstić information content (AvgIpc) is 2.88. The summed E-state index contributed by atoms with van der Waals surface area (Å²) in [6.07, 6.45) is 3.70. The van der Waals surface area contributed by atoms with Crippen LogP contribution in [0.15, 0.2) is 5.38 Å². The number of carboxylic acids is 1. The summed E-state index contributed by atoms with van der Waals surface area (Å²) >= 11 is 1.44. The van der Waals surface area contributed by atoms with Crippen LogP contribution in [-0.2, 0) is 0 Å². The Balaban J connectivity index is 1.71. The Labute approximate surface area is 116 Å². The van der Waals surface area contributed by atoms with E-state index in [1.165, 1.54) is 30.7 Å². The molecule has 2 aliphatic rings. The fraction of sp³-hybridized carbons (Fsp3) is 0.692. The number of carbonyl (C=O) groups is 1. The number of aromatic nitrogens is 1. The molecular formula is C13H19N3O2S. The van der Waals surface area contributed by atoms with Crippen LogP contribution in [0.3, 0.4) is 0 Å². The molecule has 0 aromatic carbocycles. The summed E-state index contributed by atoms with van der Waals surface area (Å²) in [4.78, 5) is 19.9. The van der Waals surface area contributed by atoms with Crippen molar-refractivity contribution >= 4 is 22.4 Å². The zero-order chi connectivity index (χ0) is 13.4. The zero-order valence-electron chi connectivity index (χ0n) is 11.1. The Morgan fingerprint density at radius 2 is 2.32 bits per heavy atom. The van der Waals surface area contributed by atoms with Gasteiger partial charge in [-0.3, -0.25) is 0 Å². The van der Waals surface area contributed by atoms with Gasteiger partial charge in [0, 0.05) is 24.5 Å². The van der Waals surface area contributed by atoms with Gasteiger partial charge in [-0.1, -0.05) is 0 Å². The Hall–Kier alpha value is -1.14. The monoisotopic (exact) mass is 281 g/mol. The van der Waals surface area contributed by atoms with Crippen molar-refractivity contribution in [3.8, 4) is 0 Å². The van der Waals surface area contributed by atoms with Crippen LogP contribution in [-0.4, -0.2) is 53.7 Å². The molecular weight excluding hydrogens is 262 g/mol. The number of hydrogen-bond acceptors (Lipinski definition) is 5. The lowest BCUT2D eigenvalue weighted by Crippen LogP contribution is -2.52. The molecule has 1 aromatic heterocycles. The highest BCUT2D eigenvalue weighted by Gasteiger charge is 2.35. The van der Waals surface area contributed by atoms with Crippen LogP contribution in [0.4, 0.5) is 5.13 Å². The molecule has 0 saturated carbocycles. The molecule has 3 rings (SSSR count). The zero-order valence-corrected chi connectivity index (χ0v) is 11.9. The molecule has 2 atom stereocenters. The molecule has 0 spiro atoms. The number of hydrogen-bond donors (Lipinski definition) is 1. The van der Waals surface area contributed by atoms with Gasteiger partial charge in [-0.2, -0.15) is 0 Å². The second-order valence-corrected chi connectivity index (χ2v) is 6.34. The third kappa shape index (κ3) is 2.47. The van der Waals surface area contributed by atoms with Crippen molar-refractivity contribution in [2.45, 2.75) is 25.3 Å². The maximum atomic E-state index is 10.9. The van der Waals surface area contributed by atoms with E-state index in [0.717, 1.165) is 24.6 Å². The Morgan fingerprint density at radius 1 is 1.47 bits per heavy atom. The minimum absolute atomic E-state index is 0.169. The van der Waals surface area contributed by atoms with Crippen LogP contribution in [0, 0.1) is 5.92 Å². The Kier molecular flexibility index (Phi) is 3.45. The van der Waals surface area contributed by atoms with E-state index in [2.05, 4.69) is 21.8 Å². The lowest BCUT2D eigenvalue weighted by molar-refractivity contribution is 0.0691. The number of anilines is 1. The van der Waals surface area contributed by atoms with E-state index in [1.54, 1.807) is 5.38 Å². The van der Waals surface area contributed by atoms with E-state index in [0.29, 0.717) is 12.0 Å². The predicted molar refractivity (Wildman–Crippen MR) is 75.0 cm³/mol. The van der Waals surface area contributed by atoms with Gasteiger partial charge in [0.25, 0.3) is 0 Å². The number of rotatable bonds is 2. The number of carboxylic acid groups (broad SMARTS) is 1. The molecule has 2 saturated heterocycles. The molecule has 0 amide bonds. The second-order valence-electron chi connectivity index (χ2n) is 5.51. The first-order valence-corrected chi connectivity index (χ1v) is 7.67. The quantitative estimate of drug-likeness (QED) is 0.895. The second kappa shape index (κ2) is 5.09. The van der Waals surface area contributed by atoms with Crippen molar-refractivity contribution in [3.05, 3.63) is 11.1 Å². The van der Waals surface area contributed by atoms with Crippen molar-refractivity contribution in [1.29, 1.82) is 0 Å². The Morgan fingerprint density at radius 3 is 3.05 bits per heavy atom. The lowest BCUT2D eigenvalue weighted by atomic mass is 9.84. The molecule has 0 bridgehead atoms. The fourth-order valence-corrected chi connectivity index (χ4v) is 4.17. The SMILES string of the molecule is CN1CCCC2CN(c3nc(C(=O)O)cs3)CCC21. The summed E-state index contributed by atoms with van der Waals surface area (Å²) in [7, 11) is 2.22. The van der Waals surface area contributed by atoms with Crippen molar-refractivity contribution in [1.82, 2.24) is 9.88 Å². The normalized spacial score (nSPS) is 28.2. The van der Waals surface area contributed by atoms with E-state index in [4.69, 9.17) is 5.11 Å². The summed E-state index contributed by atoms with van der Waals surface area (Å²) in [6.45, 7) is 3.21. The van der Waals surface area contributed by atoms with Gasteiger partial charge in [0.1, 0.15) is 0 Å². The topological polar surface area (TPSA) is 56.7 Å². The van der Waals surface area contributed by atoms with Crippen LogP contribution in [0.5, 0.6) is 0 Å². The molecule has 2 aliphatic heterocycles. The fourth-order valence-electron chi connectivity index (χ4n) is 3.33. The summed E-state index contributed by atoms with van der Waals surface area (Å²) in [6, 6.07) is 0.698. The van der Waals surface area contributed by atoms with Gasteiger partial charge in [-0.15, -0.1) is 11.3 Å². The van der Waals surface area contributed by atoms with Crippen molar-refractivity contribution < 1.29 is 9.90 Å². The van der Waals surface area contributed by atoms with E-state index >= 15 is 0 Å². The van der Waals surface area contributed by atoms with Crippen molar-refractivity contribution in [3.63, 3.8) is 0 Å². The summed E-state index contributed by atoms with van der Waals surface area (Å²) in [5, 5.41) is 11.4. The first-order valence-electron chi connectivity index (χ1n) is 6.79. The van der Waals surface area contributed by atoms with Crippen molar-refractivity contribution in [2.24, 2.45) is 5.92 Å². The number of aromatic carboxylic acids is 1. The first-order chi connectivity index (χ1) is 9.15. The molecule has 104 valence electrons. The van der Waals surface area contributed by atoms with Crippen LogP contribution in [0.1, 0.15) is 29.8 Å². The maximum Gasteiger partial charge on any atom is 0.355 e. The highest BCUT2D eigenvalue weighted by molar-refractivity contribution is 7.13. The molecule has 5 nitrogen and oxygen atoms in total. The predicted octanol–water partition coefficient (Wildman–Crippen LogP) is 1.76. The third-order valence-electron chi connectivity index (χ3n) is 4.33. The molecule has 2 fully saturated rings. The highest BCUT2D eigenvalue weighted by Crippen LogP contribution is 2.33. The van der Waals surface area contributed by atoms with Gasteiger partial charge >= 0.3 is 5.97 Å². The van der Waals surface area contributed by atoms with E-state index in [9.17, 15) is 4.79 Å². The summed E-state index contributed by atoms with van der Waals surface area (Å²) in [5.41, 5.74) is 0.169. The molecule has 2 unspecified atom stereocenters. The molecule has 0 aliphatic carbocycles. The summed E-state index contributed by atoms with van der Waals surface area (Å²) in [5.74, 6) is -0.237. The van der Waals surface area contributed by atoms with Gasteiger partial charge < -0.3 is 14.9 Å². The number of piperidine rings is 2. The van der Waals surface area contributed by atoms with Crippen molar-refractivity contribution in [2.75, 3.05) is 31.6 Å². The Bertz CT molecular complexity index is 476. The smallest absolute Gasteiger partial charge is 0.355 e. The minimum atomic E-state index is -0.935. The first kappa shape index (κ1) is 12.9. The average molecular weight is 281 g/mol. The number of nitrogens with zero attached hydrogens (tertiary/aromatic N) is 3. The van der Waals surface area contributed by atoms with Gasteiger partial charge in [-0.05, 0) is 38.8 Å². The highest BCUT2D eigenvalue weighted by atomic mass is 32.1. The molecule has 19 heavy (non-hydrogen) atoms. The van der Waals surface area contributed by atoms with E-state index in [-0.39, 0.29) is 5.69 Å². The third-order valence-corrected chi connectivity index (χ3v) is 5.23. The van der Waals surface area contributed by atoms with Crippen LogP contribution in [0.25, 0.3) is 0 Å².